The van der Waals surface area contributed by atoms with Crippen molar-refractivity contribution in [1.82, 2.24) is 19.4 Å². The highest BCUT2D eigenvalue weighted by molar-refractivity contribution is 5.75. The van der Waals surface area contributed by atoms with Crippen LogP contribution in [0.3, 0.4) is 0 Å². The third-order valence-corrected chi connectivity index (χ3v) is 4.11. The number of fused-ring (bicyclic) bond motifs is 1. The summed E-state index contributed by atoms with van der Waals surface area (Å²) in [5, 5.41) is 14.4. The fourth-order valence-electron chi connectivity index (χ4n) is 2.75. The van der Waals surface area contributed by atoms with Crippen molar-refractivity contribution in [3.63, 3.8) is 0 Å². The topological polar surface area (TPSA) is 151 Å². The Morgan fingerprint density at radius 1 is 1.17 bits per heavy atom. The summed E-state index contributed by atoms with van der Waals surface area (Å²) in [7, 11) is 0. The Kier molecular flexibility index (Phi) is 4.91. The molecule has 3 heterocycles. The third kappa shape index (κ3) is 3.85. The number of nitro groups is 1. The highest BCUT2D eigenvalue weighted by Crippen LogP contribution is 2.28. The molecule has 0 fully saturated rings. The number of pyridine rings is 1. The first-order valence-corrected chi connectivity index (χ1v) is 8.73. The second-order valence-electron chi connectivity index (χ2n) is 6.16. The van der Waals surface area contributed by atoms with Gasteiger partial charge < -0.3 is 15.8 Å². The minimum absolute atomic E-state index is 0.0293. The first-order chi connectivity index (χ1) is 14.5. The third-order valence-electron chi connectivity index (χ3n) is 4.11. The molecule has 1 amide bonds. The van der Waals surface area contributed by atoms with Gasteiger partial charge in [-0.05, 0) is 36.4 Å². The molecule has 0 aliphatic heterocycles. The largest absolute Gasteiger partial charge is 0.484 e. The Bertz CT molecular complexity index is 1240. The van der Waals surface area contributed by atoms with Crippen molar-refractivity contribution in [3.8, 4) is 17.3 Å². The van der Waals surface area contributed by atoms with Crippen LogP contribution in [0.25, 0.3) is 17.2 Å². The van der Waals surface area contributed by atoms with Crippen LogP contribution < -0.4 is 15.8 Å². The second-order valence-corrected chi connectivity index (χ2v) is 6.16. The van der Waals surface area contributed by atoms with Gasteiger partial charge in [0.25, 0.3) is 5.91 Å². The fraction of sp³-hybridized carbons (Fsp3) is 0.0526. The molecule has 3 aromatic heterocycles. The average Bonchev–Trinajstić information content (AvgIpc) is 3.17. The van der Waals surface area contributed by atoms with E-state index in [4.69, 9.17) is 10.5 Å². The van der Waals surface area contributed by atoms with E-state index in [1.807, 2.05) is 18.2 Å². The van der Waals surface area contributed by atoms with Crippen molar-refractivity contribution in [3.05, 3.63) is 71.2 Å². The smallest absolute Gasteiger partial charge is 0.329 e. The molecule has 0 spiro atoms. The maximum Gasteiger partial charge on any atom is 0.329 e. The Balaban J connectivity index is 1.65. The van der Waals surface area contributed by atoms with E-state index in [1.54, 1.807) is 41.1 Å². The zero-order valence-corrected chi connectivity index (χ0v) is 15.4. The molecule has 0 saturated carbocycles. The lowest BCUT2D eigenvalue weighted by Gasteiger charge is -2.09. The summed E-state index contributed by atoms with van der Waals surface area (Å²) >= 11 is 0. The molecule has 30 heavy (non-hydrogen) atoms. The van der Waals surface area contributed by atoms with Crippen LogP contribution in [-0.2, 0) is 4.79 Å². The maximum atomic E-state index is 11.4. The summed E-state index contributed by atoms with van der Waals surface area (Å²) in [6.45, 7) is -0.243. The number of carbonyl (C=O) groups is 1. The number of rotatable bonds is 7. The first-order valence-electron chi connectivity index (χ1n) is 8.73. The summed E-state index contributed by atoms with van der Waals surface area (Å²) < 4.78 is 6.99. The number of benzene rings is 1. The molecule has 4 aromatic rings. The molecule has 0 radical (unpaired) electrons. The molecular weight excluding hydrogens is 390 g/mol. The molecule has 0 saturated heterocycles. The SMILES string of the molecule is NC(=O)COc1ccc(Nc2nc(-c3cnc4ccccn34)ncc2[N+](=O)[O-])cc1. The van der Waals surface area contributed by atoms with Crippen molar-refractivity contribution in [2.24, 2.45) is 5.73 Å². The van der Waals surface area contributed by atoms with Gasteiger partial charge in [0, 0.05) is 11.9 Å². The quantitative estimate of drug-likeness (QED) is 0.351. The maximum absolute atomic E-state index is 11.4. The zero-order valence-electron chi connectivity index (χ0n) is 15.4. The molecule has 1 aromatic carbocycles. The van der Waals surface area contributed by atoms with Gasteiger partial charge in [-0.25, -0.2) is 15.0 Å². The Morgan fingerprint density at radius 2 is 1.97 bits per heavy atom. The van der Waals surface area contributed by atoms with E-state index >= 15 is 0 Å². The number of nitrogens with two attached hydrogens (primary N) is 1. The summed E-state index contributed by atoms with van der Waals surface area (Å²) in [5.74, 6) is 0.154. The standard InChI is InChI=1S/C19H15N7O4/c20-16(27)11-30-13-6-4-12(5-7-13)23-19-15(26(28)29)10-22-18(24-19)14-9-21-17-3-1-2-8-25(14)17/h1-10H,11H2,(H2,20,27)(H,22,23,24). The van der Waals surface area contributed by atoms with Crippen molar-refractivity contribution in [2.75, 3.05) is 11.9 Å². The lowest BCUT2D eigenvalue weighted by Crippen LogP contribution is -2.19. The minimum atomic E-state index is -0.589. The van der Waals surface area contributed by atoms with Crippen LogP contribution in [-0.4, -0.2) is 36.8 Å². The number of imidazole rings is 1. The van der Waals surface area contributed by atoms with Crippen molar-refractivity contribution in [2.45, 2.75) is 0 Å². The molecule has 11 nitrogen and oxygen atoms in total. The normalized spacial score (nSPS) is 10.7. The highest BCUT2D eigenvalue weighted by Gasteiger charge is 2.19. The molecule has 11 heteroatoms. The summed E-state index contributed by atoms with van der Waals surface area (Å²) in [6, 6.07) is 12.0. The van der Waals surface area contributed by atoms with Gasteiger partial charge in [0.05, 0.1) is 11.1 Å². The molecule has 0 bridgehead atoms. The minimum Gasteiger partial charge on any atom is -0.484 e. The number of aromatic nitrogens is 4. The lowest BCUT2D eigenvalue weighted by atomic mass is 10.3. The van der Waals surface area contributed by atoms with Crippen molar-refractivity contribution < 1.29 is 14.5 Å². The van der Waals surface area contributed by atoms with Crippen LogP contribution in [0.1, 0.15) is 0 Å². The molecular formula is C19H15N7O4. The second kappa shape index (κ2) is 7.83. The number of amides is 1. The highest BCUT2D eigenvalue weighted by atomic mass is 16.6. The van der Waals surface area contributed by atoms with Crippen LogP contribution in [0.4, 0.5) is 17.2 Å². The Labute approximate surface area is 169 Å². The molecule has 4 rings (SSSR count). The molecule has 0 atom stereocenters. The van der Waals surface area contributed by atoms with E-state index in [1.165, 1.54) is 0 Å². The number of hydrogen-bond acceptors (Lipinski definition) is 8. The van der Waals surface area contributed by atoms with E-state index in [0.717, 1.165) is 6.20 Å². The first kappa shape index (κ1) is 18.8. The van der Waals surface area contributed by atoms with Crippen LogP contribution in [0.2, 0.25) is 0 Å². The van der Waals surface area contributed by atoms with Gasteiger partial charge in [-0.1, -0.05) is 6.07 Å². The monoisotopic (exact) mass is 405 g/mol. The van der Waals surface area contributed by atoms with Crippen LogP contribution >= 0.6 is 0 Å². The van der Waals surface area contributed by atoms with Gasteiger partial charge in [0.2, 0.25) is 5.82 Å². The number of hydrogen-bond donors (Lipinski definition) is 2. The summed E-state index contributed by atoms with van der Waals surface area (Å²) in [5.41, 5.74) is 6.60. The van der Waals surface area contributed by atoms with Gasteiger partial charge in [-0.15, -0.1) is 0 Å². The van der Waals surface area contributed by atoms with Gasteiger partial charge in [-0.2, -0.15) is 0 Å². The van der Waals surface area contributed by atoms with Gasteiger partial charge >= 0.3 is 5.69 Å². The average molecular weight is 405 g/mol. The zero-order chi connectivity index (χ0) is 21.1. The predicted octanol–water partition coefficient (Wildman–Crippen LogP) is 2.31. The summed E-state index contributed by atoms with van der Waals surface area (Å²) in [6.07, 6.45) is 4.56. The van der Waals surface area contributed by atoms with Crippen LogP contribution in [0, 0.1) is 10.1 Å². The van der Waals surface area contributed by atoms with E-state index in [2.05, 4.69) is 20.3 Å². The lowest BCUT2D eigenvalue weighted by molar-refractivity contribution is -0.384. The van der Waals surface area contributed by atoms with E-state index < -0.39 is 10.8 Å². The van der Waals surface area contributed by atoms with E-state index in [9.17, 15) is 14.9 Å². The van der Waals surface area contributed by atoms with Crippen LogP contribution in [0.15, 0.2) is 61.1 Å². The molecule has 150 valence electrons. The van der Waals surface area contributed by atoms with E-state index in [-0.39, 0.29) is 23.9 Å². The number of carbonyl (C=O) groups excluding carboxylic acids is 1. The number of anilines is 2. The van der Waals surface area contributed by atoms with Crippen molar-refractivity contribution >= 4 is 28.7 Å². The number of nitrogens with one attached hydrogen (secondary N) is 1. The fourth-order valence-corrected chi connectivity index (χ4v) is 2.75. The van der Waals surface area contributed by atoms with Gasteiger partial charge in [0.1, 0.15) is 23.3 Å². The Morgan fingerprint density at radius 3 is 2.70 bits per heavy atom. The molecule has 0 aliphatic carbocycles. The number of ether oxygens (including phenoxy) is 1. The van der Waals surface area contributed by atoms with E-state index in [0.29, 0.717) is 22.8 Å². The summed E-state index contributed by atoms with van der Waals surface area (Å²) in [4.78, 5) is 34.4. The predicted molar refractivity (Wildman–Crippen MR) is 107 cm³/mol. The molecule has 0 aliphatic rings. The molecule has 3 N–H and O–H groups in total. The Hall–Kier alpha value is -4.54. The number of primary amides is 1. The number of nitrogens with zero attached hydrogens (tertiary/aromatic N) is 5. The molecule has 0 unspecified atom stereocenters. The van der Waals surface area contributed by atoms with Crippen LogP contribution in [0.5, 0.6) is 5.75 Å². The van der Waals surface area contributed by atoms with Gasteiger partial charge in [-0.3, -0.25) is 19.3 Å². The van der Waals surface area contributed by atoms with Gasteiger partial charge in [0.15, 0.2) is 12.4 Å². The van der Waals surface area contributed by atoms with Crippen molar-refractivity contribution in [1.29, 1.82) is 0 Å².